The fourth-order valence-electron chi connectivity index (χ4n) is 4.15. The van der Waals surface area contributed by atoms with Gasteiger partial charge in [0.2, 0.25) is 0 Å². The number of pyridine rings is 1. The minimum atomic E-state index is -0.988. The maximum absolute atomic E-state index is 11.4. The van der Waals surface area contributed by atoms with E-state index in [-0.39, 0.29) is 17.6 Å². The Labute approximate surface area is 201 Å². The van der Waals surface area contributed by atoms with Crippen molar-refractivity contribution < 1.29 is 19.1 Å². The predicted molar refractivity (Wildman–Crippen MR) is 132 cm³/mol. The molecule has 8 heteroatoms. The molecule has 0 amide bonds. The number of nitrogens with one attached hydrogen (secondary N) is 1. The molecular weight excluding hydrogens is 450 g/mol. The molecule has 0 spiro atoms. The third-order valence-electron chi connectivity index (χ3n) is 5.74. The smallest absolute Gasteiger partial charge is 0.335 e. The largest absolute Gasteiger partial charge is 0.497 e. The van der Waals surface area contributed by atoms with E-state index in [9.17, 15) is 9.90 Å². The Kier molecular flexibility index (Phi) is 5.73. The average molecular weight is 472 g/mol. The Hall–Kier alpha value is -4.17. The molecule has 2 N–H and O–H groups in total. The summed E-state index contributed by atoms with van der Waals surface area (Å²) < 4.78 is 11.7. The zero-order valence-electron chi connectivity index (χ0n) is 18.2. The summed E-state index contributed by atoms with van der Waals surface area (Å²) in [6.07, 6.45) is 1.75. The van der Waals surface area contributed by atoms with E-state index < -0.39 is 5.97 Å². The number of nitrogens with zero attached hydrogens (tertiary/aromatic N) is 2. The van der Waals surface area contributed by atoms with E-state index in [1.807, 2.05) is 65.6 Å². The molecule has 5 rings (SSSR count). The van der Waals surface area contributed by atoms with Crippen molar-refractivity contribution in [3.05, 3.63) is 102 Å². The molecule has 1 fully saturated rings. The second kappa shape index (κ2) is 8.99. The number of carbonyl (C=O) groups is 1. The summed E-state index contributed by atoms with van der Waals surface area (Å²) in [6.45, 7) is 0. The molecule has 0 saturated carbocycles. The monoisotopic (exact) mass is 471 g/mol. The number of anilines is 1. The number of carboxylic acids is 1. The van der Waals surface area contributed by atoms with Gasteiger partial charge in [0.15, 0.2) is 5.11 Å². The highest BCUT2D eigenvalue weighted by Gasteiger charge is 2.42. The summed E-state index contributed by atoms with van der Waals surface area (Å²) in [5.41, 5.74) is 2.56. The number of aromatic carboxylic acids is 1. The summed E-state index contributed by atoms with van der Waals surface area (Å²) in [5.74, 6) is 0.965. The van der Waals surface area contributed by atoms with E-state index in [1.165, 1.54) is 0 Å². The zero-order valence-corrected chi connectivity index (χ0v) is 19.0. The molecule has 2 aromatic heterocycles. The van der Waals surface area contributed by atoms with Gasteiger partial charge in [-0.3, -0.25) is 4.98 Å². The number of hydrogen-bond donors (Lipinski definition) is 2. The van der Waals surface area contributed by atoms with Gasteiger partial charge in [-0.05, 0) is 60.7 Å². The molecule has 7 nitrogen and oxygen atoms in total. The third-order valence-corrected chi connectivity index (χ3v) is 6.06. The van der Waals surface area contributed by atoms with Crippen molar-refractivity contribution in [2.24, 2.45) is 0 Å². The number of carboxylic acid groups (broad SMARTS) is 1. The first-order valence-corrected chi connectivity index (χ1v) is 11.0. The van der Waals surface area contributed by atoms with Crippen LogP contribution in [0.25, 0.3) is 11.3 Å². The SMILES string of the molecule is COc1cccc(N2C(=S)N[C@@H](c3ccccn3)[C@@H]2c2ccc(-c3cccc(C(=O)O)c3)o2)c1. The van der Waals surface area contributed by atoms with Crippen molar-refractivity contribution in [3.63, 3.8) is 0 Å². The Balaban J connectivity index is 1.59. The number of benzene rings is 2. The Morgan fingerprint density at radius 1 is 1.09 bits per heavy atom. The van der Waals surface area contributed by atoms with E-state index in [1.54, 1.807) is 31.5 Å². The average Bonchev–Trinajstić information content (AvgIpc) is 3.49. The van der Waals surface area contributed by atoms with Gasteiger partial charge in [0.25, 0.3) is 0 Å². The zero-order chi connectivity index (χ0) is 23.7. The van der Waals surface area contributed by atoms with E-state index in [0.29, 0.717) is 27.9 Å². The topological polar surface area (TPSA) is 87.8 Å². The highest BCUT2D eigenvalue weighted by molar-refractivity contribution is 7.80. The van der Waals surface area contributed by atoms with Crippen molar-refractivity contribution in [2.45, 2.75) is 12.1 Å². The number of methoxy groups -OCH3 is 1. The van der Waals surface area contributed by atoms with Crippen LogP contribution in [0, 0.1) is 0 Å². The molecule has 170 valence electrons. The maximum Gasteiger partial charge on any atom is 0.335 e. The highest BCUT2D eigenvalue weighted by atomic mass is 32.1. The fraction of sp³-hybridized carbons (Fsp3) is 0.115. The van der Waals surface area contributed by atoms with Crippen LogP contribution < -0.4 is 15.0 Å². The number of furan rings is 1. The van der Waals surface area contributed by atoms with Gasteiger partial charge >= 0.3 is 5.97 Å². The lowest BCUT2D eigenvalue weighted by molar-refractivity contribution is 0.0697. The summed E-state index contributed by atoms with van der Waals surface area (Å²) in [5, 5.41) is 13.3. The predicted octanol–water partition coefficient (Wildman–Crippen LogP) is 5.23. The van der Waals surface area contributed by atoms with Crippen molar-refractivity contribution in [1.29, 1.82) is 0 Å². The molecule has 1 aliphatic rings. The van der Waals surface area contributed by atoms with E-state index in [2.05, 4.69) is 10.3 Å². The van der Waals surface area contributed by atoms with Gasteiger partial charge < -0.3 is 24.5 Å². The summed E-state index contributed by atoms with van der Waals surface area (Å²) in [7, 11) is 1.62. The highest BCUT2D eigenvalue weighted by Crippen LogP contribution is 2.43. The molecule has 1 saturated heterocycles. The van der Waals surface area contributed by atoms with Gasteiger partial charge in [-0.1, -0.05) is 24.3 Å². The molecule has 1 aliphatic heterocycles. The van der Waals surface area contributed by atoms with Gasteiger partial charge in [0.05, 0.1) is 24.4 Å². The van der Waals surface area contributed by atoms with E-state index in [4.69, 9.17) is 21.4 Å². The number of rotatable bonds is 6. The number of thiocarbonyl (C=S) groups is 1. The van der Waals surface area contributed by atoms with Crippen LogP contribution in [0.4, 0.5) is 5.69 Å². The van der Waals surface area contributed by atoms with Crippen LogP contribution in [0.5, 0.6) is 5.75 Å². The quantitative estimate of drug-likeness (QED) is 0.370. The number of ether oxygens (including phenoxy) is 1. The molecule has 0 unspecified atom stereocenters. The van der Waals surface area contributed by atoms with Gasteiger partial charge in [-0.2, -0.15) is 0 Å². The van der Waals surface area contributed by atoms with Gasteiger partial charge in [0.1, 0.15) is 23.3 Å². The molecule has 0 radical (unpaired) electrons. The van der Waals surface area contributed by atoms with Crippen LogP contribution in [0.1, 0.15) is 33.9 Å². The van der Waals surface area contributed by atoms with Crippen LogP contribution in [-0.4, -0.2) is 28.3 Å². The normalized spacial score (nSPS) is 17.4. The Morgan fingerprint density at radius 3 is 2.71 bits per heavy atom. The minimum absolute atomic E-state index is 0.198. The van der Waals surface area contributed by atoms with Gasteiger partial charge in [0, 0.05) is 23.5 Å². The fourth-order valence-corrected chi connectivity index (χ4v) is 4.50. The van der Waals surface area contributed by atoms with Crippen LogP contribution in [0.2, 0.25) is 0 Å². The lowest BCUT2D eigenvalue weighted by Gasteiger charge is -2.26. The molecule has 0 bridgehead atoms. The van der Waals surface area contributed by atoms with Crippen LogP contribution in [0.3, 0.4) is 0 Å². The van der Waals surface area contributed by atoms with Crippen LogP contribution in [-0.2, 0) is 0 Å². The number of aromatic nitrogens is 1. The van der Waals surface area contributed by atoms with Crippen LogP contribution >= 0.6 is 12.2 Å². The molecule has 0 aliphatic carbocycles. The van der Waals surface area contributed by atoms with E-state index >= 15 is 0 Å². The summed E-state index contributed by atoms with van der Waals surface area (Å²) in [4.78, 5) is 18.0. The van der Waals surface area contributed by atoms with E-state index in [0.717, 1.165) is 11.4 Å². The molecule has 4 aromatic rings. The third kappa shape index (κ3) is 3.99. The Morgan fingerprint density at radius 2 is 1.94 bits per heavy atom. The first kappa shape index (κ1) is 21.7. The standard InChI is InChI=1S/C26H21N3O4S/c1-32-19-9-5-8-18(15-19)29-24(23(28-26(29)34)20-10-2-3-13-27-20)22-12-11-21(33-22)16-6-4-7-17(14-16)25(30)31/h2-15,23-24H,1H3,(H,28,34)(H,30,31)/t23-,24-/m0/s1. The lowest BCUT2D eigenvalue weighted by Crippen LogP contribution is -2.29. The van der Waals surface area contributed by atoms with Crippen molar-refractivity contribution in [2.75, 3.05) is 12.0 Å². The van der Waals surface area contributed by atoms with Crippen LogP contribution in [0.15, 0.2) is 89.5 Å². The summed E-state index contributed by atoms with van der Waals surface area (Å²) in [6, 6.07) is 23.2. The molecule has 2 aromatic carbocycles. The molecule has 3 heterocycles. The van der Waals surface area contributed by atoms with Crippen molar-refractivity contribution in [1.82, 2.24) is 10.3 Å². The Bertz CT molecular complexity index is 1350. The first-order valence-electron chi connectivity index (χ1n) is 10.6. The second-order valence-electron chi connectivity index (χ2n) is 7.79. The maximum atomic E-state index is 11.4. The number of hydrogen-bond acceptors (Lipinski definition) is 5. The van der Waals surface area contributed by atoms with Crippen molar-refractivity contribution >= 4 is 29.0 Å². The molecule has 2 atom stereocenters. The van der Waals surface area contributed by atoms with Crippen molar-refractivity contribution in [3.8, 4) is 17.1 Å². The molecule has 34 heavy (non-hydrogen) atoms. The molecular formula is C26H21N3O4S. The second-order valence-corrected chi connectivity index (χ2v) is 8.17. The van der Waals surface area contributed by atoms with Gasteiger partial charge in [-0.15, -0.1) is 0 Å². The van der Waals surface area contributed by atoms with Gasteiger partial charge in [-0.25, -0.2) is 4.79 Å². The minimum Gasteiger partial charge on any atom is -0.497 e. The summed E-state index contributed by atoms with van der Waals surface area (Å²) >= 11 is 5.74. The first-order chi connectivity index (χ1) is 16.5. The lowest BCUT2D eigenvalue weighted by atomic mass is 10.0.